The van der Waals surface area contributed by atoms with Crippen molar-refractivity contribution in [2.24, 2.45) is 0 Å². The Hall–Kier alpha value is -2.01. The molecular formula is C13H11ClN2O6S2. The van der Waals surface area contributed by atoms with Crippen molar-refractivity contribution in [3.63, 3.8) is 0 Å². The molecular weight excluding hydrogens is 380 g/mol. The Bertz CT molecular complexity index is 863. The van der Waals surface area contributed by atoms with Gasteiger partial charge in [-0.05, 0) is 12.1 Å². The molecule has 0 amide bonds. The van der Waals surface area contributed by atoms with Crippen LogP contribution >= 0.6 is 22.9 Å². The number of hydrogen-bond donors (Lipinski definition) is 3. The van der Waals surface area contributed by atoms with Crippen LogP contribution < -0.4 is 4.72 Å². The van der Waals surface area contributed by atoms with Gasteiger partial charge in [-0.15, -0.1) is 11.3 Å². The summed E-state index contributed by atoms with van der Waals surface area (Å²) in [5, 5.41) is 18.5. The number of aromatic nitrogens is 1. The first kappa shape index (κ1) is 18.3. The molecule has 2 aromatic rings. The number of carboxylic acids is 2. The SMILES string of the molecule is O=C(O)CC(NS(=O)(=O)c1cnc(-c2ccc(Cl)cc2)s1)C(=O)O. The van der Waals surface area contributed by atoms with Gasteiger partial charge < -0.3 is 10.2 Å². The van der Waals surface area contributed by atoms with Gasteiger partial charge in [0.05, 0.1) is 12.6 Å². The summed E-state index contributed by atoms with van der Waals surface area (Å²) in [4.78, 5) is 25.6. The molecule has 24 heavy (non-hydrogen) atoms. The molecule has 0 aliphatic heterocycles. The number of hydrogen-bond acceptors (Lipinski definition) is 6. The van der Waals surface area contributed by atoms with Crippen molar-refractivity contribution in [3.8, 4) is 10.6 Å². The van der Waals surface area contributed by atoms with Gasteiger partial charge in [-0.25, -0.2) is 13.4 Å². The third kappa shape index (κ3) is 4.51. The van der Waals surface area contributed by atoms with E-state index in [-0.39, 0.29) is 4.21 Å². The Labute approximate surface area is 145 Å². The number of benzene rings is 1. The Morgan fingerprint density at radius 3 is 2.42 bits per heavy atom. The van der Waals surface area contributed by atoms with Crippen LogP contribution in [0.5, 0.6) is 0 Å². The van der Waals surface area contributed by atoms with Gasteiger partial charge in [0, 0.05) is 10.6 Å². The van der Waals surface area contributed by atoms with E-state index in [1.807, 2.05) is 4.72 Å². The standard InChI is InChI=1S/C13H11ClN2O6S2/c14-8-3-1-7(2-4-8)12-15-6-11(23-12)24(21,22)16-9(13(19)20)5-10(17)18/h1-4,6,9,16H,5H2,(H,17,18)(H,19,20). The summed E-state index contributed by atoms with van der Waals surface area (Å²) in [5.41, 5.74) is 0.645. The average molecular weight is 391 g/mol. The molecule has 3 N–H and O–H groups in total. The molecule has 1 aromatic heterocycles. The van der Waals surface area contributed by atoms with E-state index in [2.05, 4.69) is 4.98 Å². The van der Waals surface area contributed by atoms with Crippen molar-refractivity contribution in [2.75, 3.05) is 0 Å². The maximum absolute atomic E-state index is 12.2. The van der Waals surface area contributed by atoms with Crippen molar-refractivity contribution in [2.45, 2.75) is 16.7 Å². The van der Waals surface area contributed by atoms with Gasteiger partial charge >= 0.3 is 11.9 Å². The van der Waals surface area contributed by atoms with Crippen LogP contribution in [0, 0.1) is 0 Å². The molecule has 0 aliphatic carbocycles. The molecule has 8 nitrogen and oxygen atoms in total. The summed E-state index contributed by atoms with van der Waals surface area (Å²) in [6.07, 6.45) is 0.202. The fourth-order valence-corrected chi connectivity index (χ4v) is 4.18. The zero-order valence-electron chi connectivity index (χ0n) is 11.8. The number of nitrogens with one attached hydrogen (secondary N) is 1. The smallest absolute Gasteiger partial charge is 0.322 e. The van der Waals surface area contributed by atoms with Gasteiger partial charge in [0.15, 0.2) is 4.21 Å². The van der Waals surface area contributed by atoms with E-state index in [9.17, 15) is 18.0 Å². The van der Waals surface area contributed by atoms with Gasteiger partial charge in [-0.3, -0.25) is 9.59 Å². The van der Waals surface area contributed by atoms with Crippen LogP contribution in [0.1, 0.15) is 6.42 Å². The van der Waals surface area contributed by atoms with Crippen molar-refractivity contribution in [1.29, 1.82) is 0 Å². The van der Waals surface area contributed by atoms with E-state index in [0.717, 1.165) is 17.5 Å². The number of rotatable bonds is 7. The molecule has 0 bridgehead atoms. The molecule has 1 heterocycles. The lowest BCUT2D eigenvalue weighted by atomic mass is 10.2. The first-order valence-corrected chi connectivity index (χ1v) is 9.05. The zero-order chi connectivity index (χ0) is 17.9. The summed E-state index contributed by atoms with van der Waals surface area (Å²) < 4.78 is 26.1. The Morgan fingerprint density at radius 2 is 1.88 bits per heavy atom. The molecule has 0 saturated carbocycles. The van der Waals surface area contributed by atoms with E-state index in [0.29, 0.717) is 15.6 Å². The largest absolute Gasteiger partial charge is 0.481 e. The van der Waals surface area contributed by atoms with E-state index >= 15 is 0 Å². The summed E-state index contributed by atoms with van der Waals surface area (Å²) in [6, 6.07) is 4.80. The van der Waals surface area contributed by atoms with Crippen molar-refractivity contribution >= 4 is 44.9 Å². The van der Waals surface area contributed by atoms with Gasteiger partial charge in [0.1, 0.15) is 11.0 Å². The Balaban J connectivity index is 2.25. The summed E-state index contributed by atoms with van der Waals surface area (Å²) in [7, 11) is -4.21. The lowest BCUT2D eigenvalue weighted by Gasteiger charge is -2.11. The molecule has 0 aliphatic rings. The van der Waals surface area contributed by atoms with Gasteiger partial charge in [-0.1, -0.05) is 23.7 Å². The lowest BCUT2D eigenvalue weighted by Crippen LogP contribution is -2.41. The monoisotopic (exact) mass is 390 g/mol. The molecule has 0 fully saturated rings. The number of thiazole rings is 1. The summed E-state index contributed by atoms with van der Waals surface area (Å²) >= 11 is 6.61. The molecule has 1 atom stereocenters. The van der Waals surface area contributed by atoms with Crippen LogP contribution in [0.4, 0.5) is 0 Å². The van der Waals surface area contributed by atoms with Crippen LogP contribution in [0.15, 0.2) is 34.7 Å². The Kier molecular flexibility index (Phi) is 5.54. The number of halogens is 1. The van der Waals surface area contributed by atoms with Crippen molar-refractivity contribution in [1.82, 2.24) is 9.71 Å². The van der Waals surface area contributed by atoms with E-state index < -0.39 is 34.4 Å². The second-order valence-electron chi connectivity index (χ2n) is 4.60. The predicted molar refractivity (Wildman–Crippen MR) is 86.6 cm³/mol. The molecule has 0 radical (unpaired) electrons. The maximum atomic E-state index is 12.2. The average Bonchev–Trinajstić information content (AvgIpc) is 2.97. The quantitative estimate of drug-likeness (QED) is 0.654. The third-order valence-corrected chi connectivity index (χ3v) is 6.05. The van der Waals surface area contributed by atoms with Gasteiger partial charge in [0.2, 0.25) is 0 Å². The molecule has 0 spiro atoms. The number of carboxylic acid groups (broad SMARTS) is 2. The minimum atomic E-state index is -4.21. The maximum Gasteiger partial charge on any atom is 0.322 e. The fraction of sp³-hybridized carbons (Fsp3) is 0.154. The fourth-order valence-electron chi connectivity index (χ4n) is 1.71. The molecule has 1 aromatic carbocycles. The van der Waals surface area contributed by atoms with Crippen molar-refractivity contribution in [3.05, 3.63) is 35.5 Å². The van der Waals surface area contributed by atoms with E-state index in [1.54, 1.807) is 24.3 Å². The number of aliphatic carboxylic acids is 2. The highest BCUT2D eigenvalue weighted by Crippen LogP contribution is 2.28. The highest BCUT2D eigenvalue weighted by atomic mass is 35.5. The second-order valence-corrected chi connectivity index (χ2v) is 8.01. The predicted octanol–water partition coefficient (Wildman–Crippen LogP) is 1.67. The van der Waals surface area contributed by atoms with Crippen LogP contribution in [0.3, 0.4) is 0 Å². The van der Waals surface area contributed by atoms with Crippen LogP contribution in [0.2, 0.25) is 5.02 Å². The summed E-state index contributed by atoms with van der Waals surface area (Å²) in [6.45, 7) is 0. The molecule has 0 saturated heterocycles. The summed E-state index contributed by atoms with van der Waals surface area (Å²) in [5.74, 6) is -3.01. The molecule has 11 heteroatoms. The first-order valence-electron chi connectivity index (χ1n) is 6.38. The first-order chi connectivity index (χ1) is 11.2. The second kappa shape index (κ2) is 7.26. The van der Waals surface area contributed by atoms with E-state index in [1.165, 1.54) is 0 Å². The molecule has 1 unspecified atom stereocenters. The number of carbonyl (C=O) groups is 2. The van der Waals surface area contributed by atoms with Gasteiger partial charge in [-0.2, -0.15) is 4.72 Å². The Morgan fingerprint density at radius 1 is 1.25 bits per heavy atom. The minimum Gasteiger partial charge on any atom is -0.481 e. The highest BCUT2D eigenvalue weighted by molar-refractivity contribution is 7.91. The lowest BCUT2D eigenvalue weighted by molar-refractivity contribution is -0.145. The van der Waals surface area contributed by atoms with Crippen LogP contribution in [-0.2, 0) is 19.6 Å². The van der Waals surface area contributed by atoms with Crippen LogP contribution in [0.25, 0.3) is 10.6 Å². The highest BCUT2D eigenvalue weighted by Gasteiger charge is 2.29. The minimum absolute atomic E-state index is 0.218. The topological polar surface area (TPSA) is 134 Å². The van der Waals surface area contributed by atoms with Crippen molar-refractivity contribution < 1.29 is 28.2 Å². The van der Waals surface area contributed by atoms with E-state index in [4.69, 9.17) is 21.8 Å². The number of nitrogens with zero attached hydrogens (tertiary/aromatic N) is 1. The molecule has 128 valence electrons. The third-order valence-electron chi connectivity index (χ3n) is 2.81. The zero-order valence-corrected chi connectivity index (χ0v) is 14.2. The molecule has 2 rings (SSSR count). The van der Waals surface area contributed by atoms with Crippen LogP contribution in [-0.4, -0.2) is 41.6 Å². The van der Waals surface area contributed by atoms with Gasteiger partial charge in [0.25, 0.3) is 10.0 Å². The number of sulfonamides is 1. The normalized spacial score (nSPS) is 12.7.